The molecule has 1 rings (SSSR count). The average molecular weight is 279 g/mol. The number of rotatable bonds is 0. The maximum atomic E-state index is 4.32. The van der Waals surface area contributed by atoms with Crippen molar-refractivity contribution in [3.05, 3.63) is 25.9 Å². The van der Waals surface area contributed by atoms with E-state index in [0.29, 0.717) is 0 Å². The Kier molecular flexibility index (Phi) is 2.70. The minimum absolute atomic E-state index is 0.924. The third-order valence-corrected chi connectivity index (χ3v) is 3.74. The number of halogens is 2. The molecular formula is C8H9Br2N. The molecule has 0 saturated heterocycles. The number of pyridine rings is 1. The standard InChI is InChI=1S/C8H9Br2N/c1-4-6(3)11-8(10)5(2)7(4)9/h1-3H3. The third-order valence-electron chi connectivity index (χ3n) is 1.78. The van der Waals surface area contributed by atoms with Crippen molar-refractivity contribution in [1.29, 1.82) is 0 Å². The molecule has 0 amide bonds. The fraction of sp³-hybridized carbons (Fsp3) is 0.375. The molecule has 0 radical (unpaired) electrons. The molecule has 3 heteroatoms. The quantitative estimate of drug-likeness (QED) is 0.662. The van der Waals surface area contributed by atoms with Crippen molar-refractivity contribution in [3.8, 4) is 0 Å². The largest absolute Gasteiger partial charge is 0.246 e. The van der Waals surface area contributed by atoms with E-state index in [1.807, 2.05) is 13.8 Å². The van der Waals surface area contributed by atoms with Crippen LogP contribution in [0.15, 0.2) is 9.08 Å². The van der Waals surface area contributed by atoms with E-state index >= 15 is 0 Å². The summed E-state index contributed by atoms with van der Waals surface area (Å²) in [4.78, 5) is 4.32. The Morgan fingerprint density at radius 2 is 1.55 bits per heavy atom. The van der Waals surface area contributed by atoms with Crippen LogP contribution in [-0.4, -0.2) is 4.98 Å². The van der Waals surface area contributed by atoms with Crippen molar-refractivity contribution < 1.29 is 0 Å². The summed E-state index contributed by atoms with van der Waals surface area (Å²) < 4.78 is 2.07. The summed E-state index contributed by atoms with van der Waals surface area (Å²) in [6.45, 7) is 6.10. The van der Waals surface area contributed by atoms with Crippen molar-refractivity contribution in [2.45, 2.75) is 20.8 Å². The Balaban J connectivity index is 3.46. The topological polar surface area (TPSA) is 12.9 Å². The Labute approximate surface area is 83.5 Å². The zero-order valence-corrected chi connectivity index (χ0v) is 9.88. The molecular weight excluding hydrogens is 270 g/mol. The molecule has 1 aromatic rings. The van der Waals surface area contributed by atoms with Crippen LogP contribution in [0.2, 0.25) is 0 Å². The molecule has 0 atom stereocenters. The van der Waals surface area contributed by atoms with Crippen LogP contribution in [0.25, 0.3) is 0 Å². The predicted molar refractivity (Wildman–Crippen MR) is 53.8 cm³/mol. The van der Waals surface area contributed by atoms with Gasteiger partial charge in [-0.2, -0.15) is 0 Å². The van der Waals surface area contributed by atoms with Gasteiger partial charge in [0.15, 0.2) is 0 Å². The molecule has 11 heavy (non-hydrogen) atoms. The summed E-state index contributed by atoms with van der Waals surface area (Å²) >= 11 is 6.90. The molecule has 0 N–H and O–H groups in total. The number of hydrogen-bond donors (Lipinski definition) is 0. The van der Waals surface area contributed by atoms with Crippen molar-refractivity contribution in [3.63, 3.8) is 0 Å². The van der Waals surface area contributed by atoms with Gasteiger partial charge in [0.2, 0.25) is 0 Å². The zero-order valence-electron chi connectivity index (χ0n) is 6.70. The fourth-order valence-corrected chi connectivity index (χ4v) is 2.05. The van der Waals surface area contributed by atoms with E-state index in [-0.39, 0.29) is 0 Å². The molecule has 0 aliphatic heterocycles. The maximum Gasteiger partial charge on any atom is 0.110 e. The first-order chi connectivity index (χ1) is 5.04. The normalized spacial score (nSPS) is 10.3. The first-order valence-corrected chi connectivity index (χ1v) is 4.91. The van der Waals surface area contributed by atoms with Crippen molar-refractivity contribution in [2.24, 2.45) is 0 Å². The molecule has 0 aliphatic rings. The zero-order chi connectivity index (χ0) is 8.59. The van der Waals surface area contributed by atoms with E-state index in [1.165, 1.54) is 5.56 Å². The second-order valence-electron chi connectivity index (χ2n) is 2.55. The van der Waals surface area contributed by atoms with Crippen LogP contribution in [0.4, 0.5) is 0 Å². The summed E-state index contributed by atoms with van der Waals surface area (Å²) in [7, 11) is 0. The van der Waals surface area contributed by atoms with Crippen LogP contribution in [0.3, 0.4) is 0 Å². The molecule has 1 heterocycles. The molecule has 0 saturated carbocycles. The first-order valence-electron chi connectivity index (χ1n) is 3.33. The Bertz CT molecular complexity index is 268. The second-order valence-corrected chi connectivity index (χ2v) is 4.10. The predicted octanol–water partition coefficient (Wildman–Crippen LogP) is 3.53. The highest BCUT2D eigenvalue weighted by molar-refractivity contribution is 9.11. The minimum Gasteiger partial charge on any atom is -0.246 e. The number of aromatic nitrogens is 1. The molecule has 0 aromatic carbocycles. The number of hydrogen-bond acceptors (Lipinski definition) is 1. The van der Waals surface area contributed by atoms with E-state index in [1.54, 1.807) is 0 Å². The highest BCUT2D eigenvalue weighted by atomic mass is 79.9. The molecule has 0 bridgehead atoms. The SMILES string of the molecule is Cc1nc(Br)c(C)c(Br)c1C. The summed E-state index contributed by atoms with van der Waals surface area (Å²) in [5.74, 6) is 0. The first kappa shape index (κ1) is 9.20. The molecule has 0 spiro atoms. The van der Waals surface area contributed by atoms with E-state index in [9.17, 15) is 0 Å². The number of nitrogens with zero attached hydrogens (tertiary/aromatic N) is 1. The summed E-state index contributed by atoms with van der Waals surface area (Å²) in [6, 6.07) is 0. The van der Waals surface area contributed by atoms with Gasteiger partial charge in [-0.1, -0.05) is 15.9 Å². The molecule has 0 unspecified atom stereocenters. The van der Waals surface area contributed by atoms with Gasteiger partial charge < -0.3 is 0 Å². The third kappa shape index (κ3) is 1.64. The van der Waals surface area contributed by atoms with Gasteiger partial charge in [-0.05, 0) is 47.8 Å². The second kappa shape index (κ2) is 3.23. The van der Waals surface area contributed by atoms with Gasteiger partial charge in [0.25, 0.3) is 0 Å². The Morgan fingerprint density at radius 3 is 2.09 bits per heavy atom. The highest BCUT2D eigenvalue weighted by Crippen LogP contribution is 2.27. The fourth-order valence-electron chi connectivity index (χ4n) is 0.846. The van der Waals surface area contributed by atoms with Crippen LogP contribution in [-0.2, 0) is 0 Å². The van der Waals surface area contributed by atoms with Crippen LogP contribution in [0, 0.1) is 20.8 Å². The van der Waals surface area contributed by atoms with E-state index < -0.39 is 0 Å². The van der Waals surface area contributed by atoms with Crippen LogP contribution < -0.4 is 0 Å². The van der Waals surface area contributed by atoms with Gasteiger partial charge in [0, 0.05) is 10.2 Å². The van der Waals surface area contributed by atoms with Gasteiger partial charge in [0.1, 0.15) is 4.60 Å². The molecule has 1 aromatic heterocycles. The lowest BCUT2D eigenvalue weighted by molar-refractivity contribution is 1.08. The molecule has 0 fully saturated rings. The lowest BCUT2D eigenvalue weighted by atomic mass is 10.2. The van der Waals surface area contributed by atoms with Crippen LogP contribution in [0.5, 0.6) is 0 Å². The average Bonchev–Trinajstić information content (AvgIpc) is 1.97. The van der Waals surface area contributed by atoms with Crippen molar-refractivity contribution >= 4 is 31.9 Å². The van der Waals surface area contributed by atoms with E-state index in [4.69, 9.17) is 0 Å². The van der Waals surface area contributed by atoms with Crippen LogP contribution >= 0.6 is 31.9 Å². The van der Waals surface area contributed by atoms with Crippen molar-refractivity contribution in [1.82, 2.24) is 4.98 Å². The Morgan fingerprint density at radius 1 is 1.00 bits per heavy atom. The monoisotopic (exact) mass is 277 g/mol. The minimum atomic E-state index is 0.924. The van der Waals surface area contributed by atoms with E-state index in [0.717, 1.165) is 20.3 Å². The lowest BCUT2D eigenvalue weighted by Crippen LogP contribution is -1.92. The van der Waals surface area contributed by atoms with Gasteiger partial charge in [-0.25, -0.2) is 4.98 Å². The van der Waals surface area contributed by atoms with Gasteiger partial charge in [0.05, 0.1) is 0 Å². The Hall–Kier alpha value is 0.110. The van der Waals surface area contributed by atoms with Gasteiger partial charge in [-0.3, -0.25) is 0 Å². The maximum absolute atomic E-state index is 4.32. The summed E-state index contributed by atoms with van der Waals surface area (Å²) in [5.41, 5.74) is 3.44. The van der Waals surface area contributed by atoms with E-state index in [2.05, 4.69) is 43.8 Å². The van der Waals surface area contributed by atoms with Gasteiger partial charge >= 0.3 is 0 Å². The molecule has 1 nitrogen and oxygen atoms in total. The lowest BCUT2D eigenvalue weighted by Gasteiger charge is -2.06. The molecule has 60 valence electrons. The number of aryl methyl sites for hydroxylation is 1. The highest BCUT2D eigenvalue weighted by Gasteiger charge is 2.06. The summed E-state index contributed by atoms with van der Waals surface area (Å²) in [5, 5.41) is 0. The summed E-state index contributed by atoms with van der Waals surface area (Å²) in [6.07, 6.45) is 0. The smallest absolute Gasteiger partial charge is 0.110 e. The van der Waals surface area contributed by atoms with Gasteiger partial charge in [-0.15, -0.1) is 0 Å². The van der Waals surface area contributed by atoms with Crippen LogP contribution in [0.1, 0.15) is 16.8 Å². The van der Waals surface area contributed by atoms with Crippen molar-refractivity contribution in [2.75, 3.05) is 0 Å². The molecule has 0 aliphatic carbocycles.